The second kappa shape index (κ2) is 6.39. The Hall–Kier alpha value is -3.16. The van der Waals surface area contributed by atoms with Crippen LogP contribution in [0.4, 0.5) is 5.95 Å². The summed E-state index contributed by atoms with van der Waals surface area (Å²) in [6, 6.07) is 7.42. The molecule has 128 valence electrons. The van der Waals surface area contributed by atoms with Gasteiger partial charge in [-0.25, -0.2) is 9.97 Å². The van der Waals surface area contributed by atoms with E-state index in [4.69, 9.17) is 4.74 Å². The number of rotatable bonds is 3. The number of hydrogen-bond donors (Lipinski definition) is 0. The number of imidazole rings is 1. The van der Waals surface area contributed by atoms with E-state index >= 15 is 0 Å². The zero-order chi connectivity index (χ0) is 17.2. The Labute approximate surface area is 144 Å². The molecule has 1 fully saturated rings. The third-order valence-corrected chi connectivity index (χ3v) is 4.26. The van der Waals surface area contributed by atoms with Gasteiger partial charge in [0.1, 0.15) is 11.3 Å². The highest BCUT2D eigenvalue weighted by molar-refractivity contribution is 5.93. The topological polar surface area (TPSA) is 75.9 Å². The molecule has 1 saturated heterocycles. The molecule has 4 rings (SSSR count). The van der Waals surface area contributed by atoms with Gasteiger partial charge in [-0.3, -0.25) is 4.79 Å². The number of anilines is 1. The van der Waals surface area contributed by atoms with E-state index in [0.29, 0.717) is 43.7 Å². The summed E-state index contributed by atoms with van der Waals surface area (Å²) in [5.41, 5.74) is 1.24. The molecule has 1 amide bonds. The highest BCUT2D eigenvalue weighted by Crippen LogP contribution is 2.16. The molecule has 3 aromatic rings. The Bertz CT molecular complexity index is 868. The standard InChI is InChI=1S/C17H18N6O2/c1-25-15-5-6-18-17(20-15)22-10-8-21(9-11-22)16(24)13-12-23-7-3-2-4-14(23)19-13/h2-7,12H,8-11H2,1H3. The molecule has 25 heavy (non-hydrogen) atoms. The molecule has 8 nitrogen and oxygen atoms in total. The number of ether oxygens (including phenoxy) is 1. The molecular formula is C17H18N6O2. The first kappa shape index (κ1) is 15.4. The molecular weight excluding hydrogens is 320 g/mol. The Balaban J connectivity index is 1.45. The molecule has 0 aromatic carbocycles. The summed E-state index contributed by atoms with van der Waals surface area (Å²) in [5, 5.41) is 0. The maximum atomic E-state index is 12.7. The first-order chi connectivity index (χ1) is 12.2. The average Bonchev–Trinajstić information content (AvgIpc) is 3.12. The Kier molecular flexibility index (Phi) is 3.93. The van der Waals surface area contributed by atoms with E-state index in [1.807, 2.05) is 33.7 Å². The van der Waals surface area contributed by atoms with Gasteiger partial charge in [-0.2, -0.15) is 4.98 Å². The van der Waals surface area contributed by atoms with Crippen molar-refractivity contribution >= 4 is 17.5 Å². The van der Waals surface area contributed by atoms with Crippen LogP contribution in [0.3, 0.4) is 0 Å². The summed E-state index contributed by atoms with van der Waals surface area (Å²) >= 11 is 0. The van der Waals surface area contributed by atoms with Gasteiger partial charge in [-0.1, -0.05) is 6.07 Å². The van der Waals surface area contributed by atoms with Gasteiger partial charge in [0.15, 0.2) is 0 Å². The lowest BCUT2D eigenvalue weighted by atomic mass is 10.3. The van der Waals surface area contributed by atoms with Crippen molar-refractivity contribution in [1.82, 2.24) is 24.3 Å². The van der Waals surface area contributed by atoms with Crippen LogP contribution in [-0.2, 0) is 0 Å². The lowest BCUT2D eigenvalue weighted by Crippen LogP contribution is -2.49. The highest BCUT2D eigenvalue weighted by atomic mass is 16.5. The van der Waals surface area contributed by atoms with Gasteiger partial charge in [-0.05, 0) is 12.1 Å². The summed E-state index contributed by atoms with van der Waals surface area (Å²) in [6.45, 7) is 2.55. The molecule has 0 atom stereocenters. The Morgan fingerprint density at radius 1 is 1.12 bits per heavy atom. The number of carbonyl (C=O) groups excluding carboxylic acids is 1. The SMILES string of the molecule is COc1ccnc(N2CCN(C(=O)c3cn4ccccc4n3)CC2)n1. The van der Waals surface area contributed by atoms with Crippen molar-refractivity contribution in [3.05, 3.63) is 48.5 Å². The predicted molar refractivity (Wildman–Crippen MR) is 91.9 cm³/mol. The van der Waals surface area contributed by atoms with Crippen LogP contribution in [0.1, 0.15) is 10.5 Å². The van der Waals surface area contributed by atoms with E-state index in [0.717, 1.165) is 5.65 Å². The summed E-state index contributed by atoms with van der Waals surface area (Å²) < 4.78 is 6.99. The van der Waals surface area contributed by atoms with E-state index in [-0.39, 0.29) is 5.91 Å². The number of aromatic nitrogens is 4. The molecule has 0 saturated carbocycles. The Morgan fingerprint density at radius 2 is 1.96 bits per heavy atom. The van der Waals surface area contributed by atoms with Gasteiger partial charge < -0.3 is 18.9 Å². The first-order valence-electron chi connectivity index (χ1n) is 8.09. The quantitative estimate of drug-likeness (QED) is 0.712. The summed E-state index contributed by atoms with van der Waals surface area (Å²) in [4.78, 5) is 29.6. The number of hydrogen-bond acceptors (Lipinski definition) is 6. The van der Waals surface area contributed by atoms with E-state index < -0.39 is 0 Å². The fourth-order valence-corrected chi connectivity index (χ4v) is 2.91. The van der Waals surface area contributed by atoms with Crippen LogP contribution >= 0.6 is 0 Å². The zero-order valence-corrected chi connectivity index (χ0v) is 13.9. The Morgan fingerprint density at radius 3 is 2.72 bits per heavy atom. The number of amides is 1. The number of fused-ring (bicyclic) bond motifs is 1. The van der Waals surface area contributed by atoms with Gasteiger partial charge in [0.05, 0.1) is 7.11 Å². The molecule has 8 heteroatoms. The van der Waals surface area contributed by atoms with Crippen molar-refractivity contribution < 1.29 is 9.53 Å². The molecule has 0 radical (unpaired) electrons. The first-order valence-corrected chi connectivity index (χ1v) is 8.09. The highest BCUT2D eigenvalue weighted by Gasteiger charge is 2.25. The lowest BCUT2D eigenvalue weighted by molar-refractivity contribution is 0.0741. The second-order valence-corrected chi connectivity index (χ2v) is 5.77. The third kappa shape index (κ3) is 2.98. The van der Waals surface area contributed by atoms with Gasteiger partial charge in [0, 0.05) is 50.8 Å². The van der Waals surface area contributed by atoms with Gasteiger partial charge >= 0.3 is 0 Å². The van der Waals surface area contributed by atoms with Gasteiger partial charge in [-0.15, -0.1) is 0 Å². The molecule has 4 heterocycles. The normalized spacial score (nSPS) is 14.8. The van der Waals surface area contributed by atoms with Crippen molar-refractivity contribution in [1.29, 1.82) is 0 Å². The maximum Gasteiger partial charge on any atom is 0.274 e. The largest absolute Gasteiger partial charge is 0.481 e. The molecule has 0 aliphatic carbocycles. The molecule has 0 bridgehead atoms. The van der Waals surface area contributed by atoms with Crippen LogP contribution < -0.4 is 9.64 Å². The molecule has 0 N–H and O–H groups in total. The summed E-state index contributed by atoms with van der Waals surface area (Å²) in [7, 11) is 1.58. The van der Waals surface area contributed by atoms with Crippen LogP contribution in [0.2, 0.25) is 0 Å². The molecule has 0 spiro atoms. The van der Waals surface area contributed by atoms with E-state index in [1.54, 1.807) is 25.6 Å². The van der Waals surface area contributed by atoms with Crippen LogP contribution in [0.25, 0.3) is 5.65 Å². The molecule has 3 aromatic heterocycles. The van der Waals surface area contributed by atoms with E-state index in [1.165, 1.54) is 0 Å². The molecule has 1 aliphatic rings. The van der Waals surface area contributed by atoms with Crippen LogP contribution in [0.5, 0.6) is 5.88 Å². The predicted octanol–water partition coefficient (Wildman–Crippen LogP) is 1.10. The van der Waals surface area contributed by atoms with Crippen molar-refractivity contribution in [3.8, 4) is 5.88 Å². The fraction of sp³-hybridized carbons (Fsp3) is 0.294. The summed E-state index contributed by atoms with van der Waals surface area (Å²) in [6.07, 6.45) is 5.34. The minimum Gasteiger partial charge on any atom is -0.481 e. The van der Waals surface area contributed by atoms with Crippen molar-refractivity contribution in [3.63, 3.8) is 0 Å². The number of pyridine rings is 1. The number of piperazine rings is 1. The number of carbonyl (C=O) groups is 1. The molecule has 1 aliphatic heterocycles. The fourth-order valence-electron chi connectivity index (χ4n) is 2.91. The number of methoxy groups -OCH3 is 1. The van der Waals surface area contributed by atoms with Crippen molar-refractivity contribution in [2.45, 2.75) is 0 Å². The molecule has 0 unspecified atom stereocenters. The van der Waals surface area contributed by atoms with Crippen LogP contribution in [0, 0.1) is 0 Å². The monoisotopic (exact) mass is 338 g/mol. The van der Waals surface area contributed by atoms with E-state index in [9.17, 15) is 4.79 Å². The third-order valence-electron chi connectivity index (χ3n) is 4.26. The van der Waals surface area contributed by atoms with Gasteiger partial charge in [0.25, 0.3) is 5.91 Å². The summed E-state index contributed by atoms with van der Waals surface area (Å²) in [5.74, 6) is 1.11. The lowest BCUT2D eigenvalue weighted by Gasteiger charge is -2.34. The average molecular weight is 338 g/mol. The van der Waals surface area contributed by atoms with Crippen molar-refractivity contribution in [2.75, 3.05) is 38.2 Å². The maximum absolute atomic E-state index is 12.7. The minimum atomic E-state index is -0.0464. The van der Waals surface area contributed by atoms with Gasteiger partial charge in [0.2, 0.25) is 11.8 Å². The van der Waals surface area contributed by atoms with Crippen molar-refractivity contribution in [2.24, 2.45) is 0 Å². The van der Waals surface area contributed by atoms with E-state index in [2.05, 4.69) is 19.9 Å². The minimum absolute atomic E-state index is 0.0464. The van der Waals surface area contributed by atoms with Crippen LogP contribution in [0.15, 0.2) is 42.9 Å². The number of nitrogens with zero attached hydrogens (tertiary/aromatic N) is 6. The second-order valence-electron chi connectivity index (χ2n) is 5.77. The zero-order valence-electron chi connectivity index (χ0n) is 13.9. The smallest absolute Gasteiger partial charge is 0.274 e. The van der Waals surface area contributed by atoms with Crippen LogP contribution in [-0.4, -0.2) is 63.4 Å².